The van der Waals surface area contributed by atoms with Gasteiger partial charge in [-0.2, -0.15) is 11.8 Å². The van der Waals surface area contributed by atoms with Crippen molar-refractivity contribution < 1.29 is 4.79 Å². The van der Waals surface area contributed by atoms with Crippen LogP contribution in [0.3, 0.4) is 0 Å². The lowest BCUT2D eigenvalue weighted by Gasteiger charge is -2.16. The van der Waals surface area contributed by atoms with Crippen LogP contribution in [0.1, 0.15) is 11.1 Å². The number of aryl methyl sites for hydroxylation is 2. The summed E-state index contributed by atoms with van der Waals surface area (Å²) in [6.45, 7) is 5.40. The monoisotopic (exact) mass is 266 g/mol. The summed E-state index contributed by atoms with van der Waals surface area (Å²) in [6.07, 6.45) is 2.07. The molecular formula is C14H22N2OS. The first-order valence-electron chi connectivity index (χ1n) is 6.07. The molecule has 0 aromatic heterocycles. The first kappa shape index (κ1) is 15.1. The molecule has 0 aliphatic rings. The van der Waals surface area contributed by atoms with E-state index in [9.17, 15) is 4.79 Å². The Balaban J connectivity index is 2.51. The molecule has 1 aromatic carbocycles. The Morgan fingerprint density at radius 2 is 2.11 bits per heavy atom. The van der Waals surface area contributed by atoms with Gasteiger partial charge in [0.25, 0.3) is 0 Å². The van der Waals surface area contributed by atoms with E-state index in [1.165, 1.54) is 0 Å². The molecule has 0 bridgehead atoms. The van der Waals surface area contributed by atoms with E-state index in [1.807, 2.05) is 37.9 Å². The molecule has 0 saturated heterocycles. The maximum absolute atomic E-state index is 11.9. The number of carbonyl (C=O) groups is 1. The van der Waals surface area contributed by atoms with Gasteiger partial charge >= 0.3 is 0 Å². The highest BCUT2D eigenvalue weighted by molar-refractivity contribution is 7.98. The fraction of sp³-hybridized carbons (Fsp3) is 0.500. The SMILES string of the molecule is CSCCN(C)CC(=O)Nc1cc(C)ccc1C. The second-order valence-electron chi connectivity index (χ2n) is 4.60. The number of rotatable bonds is 6. The van der Waals surface area contributed by atoms with Gasteiger partial charge in [-0.3, -0.25) is 9.69 Å². The summed E-state index contributed by atoms with van der Waals surface area (Å²) in [5.41, 5.74) is 3.17. The molecule has 100 valence electrons. The van der Waals surface area contributed by atoms with Gasteiger partial charge in [-0.1, -0.05) is 12.1 Å². The van der Waals surface area contributed by atoms with E-state index in [4.69, 9.17) is 0 Å². The zero-order valence-electron chi connectivity index (χ0n) is 11.6. The van der Waals surface area contributed by atoms with Gasteiger partial charge in [0.2, 0.25) is 5.91 Å². The highest BCUT2D eigenvalue weighted by Gasteiger charge is 2.08. The summed E-state index contributed by atoms with van der Waals surface area (Å²) in [5.74, 6) is 1.10. The van der Waals surface area contributed by atoms with Crippen LogP contribution in [-0.2, 0) is 4.79 Å². The lowest BCUT2D eigenvalue weighted by atomic mass is 10.1. The number of thioether (sulfide) groups is 1. The van der Waals surface area contributed by atoms with Gasteiger partial charge in [0.15, 0.2) is 0 Å². The number of nitrogens with one attached hydrogen (secondary N) is 1. The normalized spacial score (nSPS) is 10.7. The number of likely N-dealkylation sites (N-methyl/N-ethyl adjacent to an activating group) is 1. The van der Waals surface area contributed by atoms with Crippen molar-refractivity contribution in [2.24, 2.45) is 0 Å². The van der Waals surface area contributed by atoms with Gasteiger partial charge in [0.1, 0.15) is 0 Å². The Bertz CT molecular complexity index is 407. The molecule has 1 aromatic rings. The third-order valence-electron chi connectivity index (χ3n) is 2.76. The maximum Gasteiger partial charge on any atom is 0.238 e. The average Bonchev–Trinajstić information content (AvgIpc) is 2.31. The molecule has 0 atom stereocenters. The average molecular weight is 266 g/mol. The summed E-state index contributed by atoms with van der Waals surface area (Å²) in [4.78, 5) is 13.9. The van der Waals surface area contributed by atoms with E-state index in [2.05, 4.69) is 17.6 Å². The molecule has 0 radical (unpaired) electrons. The summed E-state index contributed by atoms with van der Waals surface area (Å²) in [6, 6.07) is 6.09. The van der Waals surface area contributed by atoms with Gasteiger partial charge in [0.05, 0.1) is 6.54 Å². The molecule has 18 heavy (non-hydrogen) atoms. The Kier molecular flexibility index (Phi) is 6.22. The summed E-state index contributed by atoms with van der Waals surface area (Å²) < 4.78 is 0. The van der Waals surface area contributed by atoms with Crippen LogP contribution in [0.4, 0.5) is 5.69 Å². The number of hydrogen-bond donors (Lipinski definition) is 1. The van der Waals surface area contributed by atoms with Crippen LogP contribution in [0, 0.1) is 13.8 Å². The van der Waals surface area contributed by atoms with Crippen LogP contribution >= 0.6 is 11.8 Å². The molecule has 0 fully saturated rings. The molecule has 1 rings (SSSR count). The largest absolute Gasteiger partial charge is 0.325 e. The highest BCUT2D eigenvalue weighted by Crippen LogP contribution is 2.16. The molecule has 0 aliphatic carbocycles. The predicted octanol–water partition coefficient (Wildman–Crippen LogP) is 2.54. The smallest absolute Gasteiger partial charge is 0.238 e. The van der Waals surface area contributed by atoms with Crippen LogP contribution in [0.5, 0.6) is 0 Å². The molecule has 0 spiro atoms. The van der Waals surface area contributed by atoms with E-state index in [-0.39, 0.29) is 5.91 Å². The standard InChI is InChI=1S/C14H22N2OS/c1-11-5-6-12(2)13(9-11)15-14(17)10-16(3)7-8-18-4/h5-6,9H,7-8,10H2,1-4H3,(H,15,17). The minimum Gasteiger partial charge on any atom is -0.325 e. The fourth-order valence-corrected chi connectivity index (χ4v) is 2.13. The molecule has 0 unspecified atom stereocenters. The third-order valence-corrected chi connectivity index (χ3v) is 3.35. The Morgan fingerprint density at radius 1 is 1.39 bits per heavy atom. The van der Waals surface area contributed by atoms with E-state index in [0.29, 0.717) is 6.54 Å². The Hall–Kier alpha value is -1.00. The highest BCUT2D eigenvalue weighted by atomic mass is 32.2. The molecule has 0 heterocycles. The van der Waals surface area contributed by atoms with Gasteiger partial charge in [-0.05, 0) is 44.3 Å². The van der Waals surface area contributed by atoms with Crippen molar-refractivity contribution in [3.8, 4) is 0 Å². The Labute approximate surface area is 114 Å². The molecule has 0 saturated carbocycles. The Morgan fingerprint density at radius 3 is 2.78 bits per heavy atom. The molecule has 0 aliphatic heterocycles. The third kappa shape index (κ3) is 5.10. The fourth-order valence-electron chi connectivity index (χ4n) is 1.63. The van der Waals surface area contributed by atoms with E-state index < -0.39 is 0 Å². The zero-order chi connectivity index (χ0) is 13.5. The summed E-state index contributed by atoms with van der Waals surface area (Å²) in [7, 11) is 1.97. The topological polar surface area (TPSA) is 32.3 Å². The van der Waals surface area contributed by atoms with Crippen molar-refractivity contribution in [3.63, 3.8) is 0 Å². The van der Waals surface area contributed by atoms with Crippen molar-refractivity contribution >= 4 is 23.4 Å². The first-order chi connectivity index (χ1) is 8.52. The van der Waals surface area contributed by atoms with E-state index in [0.717, 1.165) is 29.1 Å². The number of hydrogen-bond acceptors (Lipinski definition) is 3. The van der Waals surface area contributed by atoms with Crippen LogP contribution in [0.15, 0.2) is 18.2 Å². The van der Waals surface area contributed by atoms with E-state index >= 15 is 0 Å². The first-order valence-corrected chi connectivity index (χ1v) is 7.47. The van der Waals surface area contributed by atoms with Gasteiger partial charge in [-0.25, -0.2) is 0 Å². The second kappa shape index (κ2) is 7.44. The minimum atomic E-state index is 0.0484. The van der Waals surface area contributed by atoms with Crippen molar-refractivity contribution in [2.45, 2.75) is 13.8 Å². The molecule has 3 nitrogen and oxygen atoms in total. The van der Waals surface area contributed by atoms with Crippen molar-refractivity contribution in [1.82, 2.24) is 4.90 Å². The summed E-state index contributed by atoms with van der Waals surface area (Å²) in [5, 5.41) is 2.97. The van der Waals surface area contributed by atoms with Crippen LogP contribution in [0.2, 0.25) is 0 Å². The maximum atomic E-state index is 11.9. The van der Waals surface area contributed by atoms with Crippen molar-refractivity contribution in [3.05, 3.63) is 29.3 Å². The molecule has 1 amide bonds. The second-order valence-corrected chi connectivity index (χ2v) is 5.58. The van der Waals surface area contributed by atoms with Gasteiger partial charge in [-0.15, -0.1) is 0 Å². The quantitative estimate of drug-likeness (QED) is 0.859. The summed E-state index contributed by atoms with van der Waals surface area (Å²) >= 11 is 1.79. The molecule has 4 heteroatoms. The van der Waals surface area contributed by atoms with Gasteiger partial charge < -0.3 is 5.32 Å². The molecule has 1 N–H and O–H groups in total. The number of benzene rings is 1. The number of anilines is 1. The zero-order valence-corrected chi connectivity index (χ0v) is 12.4. The number of carbonyl (C=O) groups excluding carboxylic acids is 1. The van der Waals surface area contributed by atoms with Gasteiger partial charge in [0, 0.05) is 18.0 Å². The lowest BCUT2D eigenvalue weighted by Crippen LogP contribution is -2.31. The van der Waals surface area contributed by atoms with Crippen molar-refractivity contribution in [2.75, 3.05) is 37.5 Å². The lowest BCUT2D eigenvalue weighted by molar-refractivity contribution is -0.117. The molecular weight excluding hydrogens is 244 g/mol. The van der Waals surface area contributed by atoms with Crippen LogP contribution < -0.4 is 5.32 Å². The van der Waals surface area contributed by atoms with E-state index in [1.54, 1.807) is 11.8 Å². The minimum absolute atomic E-state index is 0.0484. The number of amides is 1. The van der Waals surface area contributed by atoms with Crippen LogP contribution in [0.25, 0.3) is 0 Å². The van der Waals surface area contributed by atoms with Crippen LogP contribution in [-0.4, -0.2) is 43.0 Å². The number of nitrogens with zero attached hydrogens (tertiary/aromatic N) is 1. The van der Waals surface area contributed by atoms with Crippen molar-refractivity contribution in [1.29, 1.82) is 0 Å². The predicted molar refractivity (Wildman–Crippen MR) is 80.4 cm³/mol.